The predicted octanol–water partition coefficient (Wildman–Crippen LogP) is 3.00. The highest BCUT2D eigenvalue weighted by Gasteiger charge is 2.30. The SMILES string of the molecule is CCOC(=O)c1[nH]c2cccc(C(=O)O)c2c1C(=O)OC(C)(C)C. The Hall–Kier alpha value is -2.83. The molecule has 1 aromatic carbocycles. The first-order valence-corrected chi connectivity index (χ1v) is 7.44. The lowest BCUT2D eigenvalue weighted by Crippen LogP contribution is -2.25. The molecule has 24 heavy (non-hydrogen) atoms. The fraction of sp³-hybridized carbons (Fsp3) is 0.353. The van der Waals surface area contributed by atoms with E-state index in [4.69, 9.17) is 9.47 Å². The highest BCUT2D eigenvalue weighted by molar-refractivity contribution is 6.17. The second-order valence-electron chi connectivity index (χ2n) is 6.13. The van der Waals surface area contributed by atoms with Gasteiger partial charge in [-0.15, -0.1) is 0 Å². The van der Waals surface area contributed by atoms with E-state index in [1.165, 1.54) is 12.1 Å². The van der Waals surface area contributed by atoms with Crippen molar-refractivity contribution in [3.05, 3.63) is 35.0 Å². The molecule has 2 N–H and O–H groups in total. The first kappa shape index (κ1) is 17.5. The standard InChI is InChI=1S/C17H19NO6/c1-5-23-16(22)13-12(15(21)24-17(2,3)4)11-9(14(19)20)7-6-8-10(11)18-13/h6-8,18H,5H2,1-4H3,(H,19,20). The van der Waals surface area contributed by atoms with E-state index in [1.54, 1.807) is 33.8 Å². The molecule has 0 spiro atoms. The summed E-state index contributed by atoms with van der Waals surface area (Å²) < 4.78 is 10.3. The van der Waals surface area contributed by atoms with Crippen LogP contribution in [0.1, 0.15) is 58.9 Å². The number of hydrogen-bond donors (Lipinski definition) is 2. The van der Waals surface area contributed by atoms with Crippen molar-refractivity contribution in [2.24, 2.45) is 0 Å². The number of H-pyrrole nitrogens is 1. The lowest BCUT2D eigenvalue weighted by molar-refractivity contribution is 0.00666. The molecular formula is C17H19NO6. The molecule has 2 rings (SSSR count). The number of esters is 2. The minimum atomic E-state index is -1.21. The fourth-order valence-electron chi connectivity index (χ4n) is 2.32. The smallest absolute Gasteiger partial charge is 0.355 e. The lowest BCUT2D eigenvalue weighted by Gasteiger charge is -2.19. The molecule has 7 nitrogen and oxygen atoms in total. The Kier molecular flexibility index (Phi) is 4.64. The number of carboxylic acid groups (broad SMARTS) is 1. The molecule has 0 unspecified atom stereocenters. The van der Waals surface area contributed by atoms with Gasteiger partial charge in [0.05, 0.1) is 12.2 Å². The minimum Gasteiger partial charge on any atom is -0.478 e. The van der Waals surface area contributed by atoms with Gasteiger partial charge in [-0.2, -0.15) is 0 Å². The van der Waals surface area contributed by atoms with Crippen molar-refractivity contribution < 1.29 is 29.0 Å². The van der Waals surface area contributed by atoms with Crippen molar-refractivity contribution in [3.8, 4) is 0 Å². The van der Waals surface area contributed by atoms with Crippen LogP contribution in [0, 0.1) is 0 Å². The molecule has 0 saturated carbocycles. The molecule has 0 aliphatic rings. The molecule has 0 fully saturated rings. The maximum atomic E-state index is 12.6. The minimum absolute atomic E-state index is 0.0971. The average Bonchev–Trinajstić information content (AvgIpc) is 2.84. The summed E-state index contributed by atoms with van der Waals surface area (Å²) in [5.41, 5.74) is -0.796. The number of aromatic amines is 1. The van der Waals surface area contributed by atoms with Crippen LogP contribution in [0.2, 0.25) is 0 Å². The number of benzene rings is 1. The van der Waals surface area contributed by atoms with Gasteiger partial charge in [0.1, 0.15) is 16.9 Å². The molecule has 0 amide bonds. The summed E-state index contributed by atoms with van der Waals surface area (Å²) in [7, 11) is 0. The molecular weight excluding hydrogens is 314 g/mol. The number of aromatic nitrogens is 1. The van der Waals surface area contributed by atoms with E-state index < -0.39 is 23.5 Å². The van der Waals surface area contributed by atoms with Crippen LogP contribution < -0.4 is 0 Å². The summed E-state index contributed by atoms with van der Waals surface area (Å²) in [5, 5.41) is 9.52. The summed E-state index contributed by atoms with van der Waals surface area (Å²) >= 11 is 0. The van der Waals surface area contributed by atoms with Gasteiger partial charge < -0.3 is 19.6 Å². The summed E-state index contributed by atoms with van der Waals surface area (Å²) in [6.07, 6.45) is 0. The van der Waals surface area contributed by atoms with Crippen LogP contribution in [0.3, 0.4) is 0 Å². The van der Waals surface area contributed by atoms with E-state index >= 15 is 0 Å². The lowest BCUT2D eigenvalue weighted by atomic mass is 10.0. The van der Waals surface area contributed by atoms with E-state index in [1.807, 2.05) is 0 Å². The van der Waals surface area contributed by atoms with E-state index in [2.05, 4.69) is 4.98 Å². The number of ether oxygens (including phenoxy) is 2. The molecule has 1 heterocycles. The molecule has 0 radical (unpaired) electrons. The van der Waals surface area contributed by atoms with E-state index in [-0.39, 0.29) is 28.8 Å². The molecule has 1 aromatic heterocycles. The van der Waals surface area contributed by atoms with Gasteiger partial charge in [0.15, 0.2) is 0 Å². The van der Waals surface area contributed by atoms with Gasteiger partial charge in [0.25, 0.3) is 0 Å². The van der Waals surface area contributed by atoms with Crippen LogP contribution in [0.5, 0.6) is 0 Å². The second kappa shape index (κ2) is 6.35. The first-order valence-electron chi connectivity index (χ1n) is 7.44. The Morgan fingerprint density at radius 3 is 2.38 bits per heavy atom. The maximum absolute atomic E-state index is 12.6. The Morgan fingerprint density at radius 2 is 1.83 bits per heavy atom. The topological polar surface area (TPSA) is 106 Å². The number of rotatable bonds is 4. The largest absolute Gasteiger partial charge is 0.478 e. The number of carbonyl (C=O) groups is 3. The summed E-state index contributed by atoms with van der Waals surface area (Å²) in [4.78, 5) is 39.0. The third-order valence-electron chi connectivity index (χ3n) is 3.14. The van der Waals surface area contributed by atoms with Gasteiger partial charge in [-0.05, 0) is 39.8 Å². The Balaban J connectivity index is 2.75. The van der Waals surface area contributed by atoms with Crippen molar-refractivity contribution in [3.63, 3.8) is 0 Å². The summed E-state index contributed by atoms with van der Waals surface area (Å²) in [6.45, 7) is 6.80. The van der Waals surface area contributed by atoms with Gasteiger partial charge in [-0.3, -0.25) is 0 Å². The van der Waals surface area contributed by atoms with Crippen LogP contribution in [-0.4, -0.2) is 40.2 Å². The quantitative estimate of drug-likeness (QED) is 0.833. The molecule has 7 heteroatoms. The van der Waals surface area contributed by atoms with Crippen molar-refractivity contribution in [2.45, 2.75) is 33.3 Å². The van der Waals surface area contributed by atoms with Crippen molar-refractivity contribution in [2.75, 3.05) is 6.61 Å². The predicted molar refractivity (Wildman–Crippen MR) is 86.4 cm³/mol. The Bertz CT molecular complexity index is 812. The maximum Gasteiger partial charge on any atom is 0.355 e. The van der Waals surface area contributed by atoms with Crippen LogP contribution >= 0.6 is 0 Å². The fourth-order valence-corrected chi connectivity index (χ4v) is 2.32. The van der Waals surface area contributed by atoms with E-state index in [0.717, 1.165) is 0 Å². The monoisotopic (exact) mass is 333 g/mol. The molecule has 0 aliphatic heterocycles. The second-order valence-corrected chi connectivity index (χ2v) is 6.13. The number of hydrogen-bond acceptors (Lipinski definition) is 5. The third kappa shape index (κ3) is 3.40. The average molecular weight is 333 g/mol. The van der Waals surface area contributed by atoms with Crippen LogP contribution in [0.15, 0.2) is 18.2 Å². The van der Waals surface area contributed by atoms with E-state index in [0.29, 0.717) is 5.52 Å². The van der Waals surface area contributed by atoms with Gasteiger partial charge in [0.2, 0.25) is 0 Å². The molecule has 128 valence electrons. The van der Waals surface area contributed by atoms with Gasteiger partial charge in [-0.25, -0.2) is 14.4 Å². The van der Waals surface area contributed by atoms with Crippen LogP contribution in [0.25, 0.3) is 10.9 Å². The summed E-state index contributed by atoms with van der Waals surface area (Å²) in [5.74, 6) is -2.74. The van der Waals surface area contributed by atoms with Crippen molar-refractivity contribution >= 4 is 28.8 Å². The molecule has 0 saturated heterocycles. The Morgan fingerprint density at radius 1 is 1.17 bits per heavy atom. The zero-order valence-electron chi connectivity index (χ0n) is 13.9. The zero-order chi connectivity index (χ0) is 18.1. The summed E-state index contributed by atoms with van der Waals surface area (Å²) in [6, 6.07) is 4.47. The molecule has 2 aromatic rings. The van der Waals surface area contributed by atoms with Crippen molar-refractivity contribution in [1.29, 1.82) is 0 Å². The van der Waals surface area contributed by atoms with Gasteiger partial charge in [-0.1, -0.05) is 6.07 Å². The van der Waals surface area contributed by atoms with Gasteiger partial charge in [0, 0.05) is 10.9 Å². The number of nitrogens with one attached hydrogen (secondary N) is 1. The number of carboxylic acids is 1. The van der Waals surface area contributed by atoms with Crippen LogP contribution in [-0.2, 0) is 9.47 Å². The highest BCUT2D eigenvalue weighted by Crippen LogP contribution is 2.29. The van der Waals surface area contributed by atoms with E-state index in [9.17, 15) is 19.5 Å². The van der Waals surface area contributed by atoms with Crippen molar-refractivity contribution in [1.82, 2.24) is 4.98 Å². The third-order valence-corrected chi connectivity index (χ3v) is 3.14. The zero-order valence-corrected chi connectivity index (χ0v) is 13.9. The normalized spacial score (nSPS) is 11.3. The molecule has 0 bridgehead atoms. The first-order chi connectivity index (χ1) is 11.2. The number of aromatic carboxylic acids is 1. The highest BCUT2D eigenvalue weighted by atomic mass is 16.6. The number of carbonyl (C=O) groups excluding carboxylic acids is 2. The number of fused-ring (bicyclic) bond motifs is 1. The molecule has 0 atom stereocenters. The van der Waals surface area contributed by atoms with Crippen LogP contribution in [0.4, 0.5) is 0 Å². The van der Waals surface area contributed by atoms with Gasteiger partial charge >= 0.3 is 17.9 Å². The molecule has 0 aliphatic carbocycles. The Labute approximate surface area is 138 Å².